The van der Waals surface area contributed by atoms with Crippen LogP contribution in [0.1, 0.15) is 32.1 Å². The zero-order valence-corrected chi connectivity index (χ0v) is 19.1. The first-order valence-electron chi connectivity index (χ1n) is 9.64. The Morgan fingerprint density at radius 1 is 1.29 bits per heavy atom. The van der Waals surface area contributed by atoms with Crippen molar-refractivity contribution < 1.29 is 9.52 Å². The van der Waals surface area contributed by atoms with Gasteiger partial charge in [0.1, 0.15) is 11.4 Å². The van der Waals surface area contributed by atoms with Gasteiger partial charge in [-0.15, -0.1) is 24.0 Å². The first-order chi connectivity index (χ1) is 13.0. The number of halogens is 1. The number of hydrogen-bond acceptors (Lipinski definition) is 4. The van der Waals surface area contributed by atoms with Gasteiger partial charge in [0.15, 0.2) is 5.96 Å². The van der Waals surface area contributed by atoms with E-state index in [0.717, 1.165) is 26.1 Å². The summed E-state index contributed by atoms with van der Waals surface area (Å²) in [6.07, 6.45) is 2.66. The number of aliphatic hydroxyl groups is 1. The van der Waals surface area contributed by atoms with Gasteiger partial charge >= 0.3 is 0 Å². The summed E-state index contributed by atoms with van der Waals surface area (Å²) in [7, 11) is 0. The van der Waals surface area contributed by atoms with Crippen LogP contribution < -0.4 is 15.5 Å². The molecule has 2 aromatic rings. The molecule has 0 saturated heterocycles. The van der Waals surface area contributed by atoms with Crippen molar-refractivity contribution in [1.82, 2.24) is 10.6 Å². The Kier molecular flexibility index (Phi) is 8.18. The van der Waals surface area contributed by atoms with E-state index < -0.39 is 5.60 Å². The molecule has 2 atom stereocenters. The maximum atomic E-state index is 10.6. The summed E-state index contributed by atoms with van der Waals surface area (Å²) in [5, 5.41) is 17.2. The van der Waals surface area contributed by atoms with Crippen molar-refractivity contribution in [3.05, 3.63) is 54.0 Å². The summed E-state index contributed by atoms with van der Waals surface area (Å²) < 4.78 is 5.32. The van der Waals surface area contributed by atoms with Gasteiger partial charge in [-0.3, -0.25) is 0 Å². The number of nitrogens with zero attached hydrogens (tertiary/aromatic N) is 2. The number of nitrogens with one attached hydrogen (secondary N) is 2. The highest BCUT2D eigenvalue weighted by Crippen LogP contribution is 2.28. The normalized spacial score (nSPS) is 16.7. The highest BCUT2D eigenvalue weighted by molar-refractivity contribution is 14.0. The van der Waals surface area contributed by atoms with E-state index in [0.29, 0.717) is 17.8 Å². The van der Waals surface area contributed by atoms with Crippen LogP contribution in [-0.4, -0.2) is 43.3 Å². The fraction of sp³-hybridized carbons (Fsp3) is 0.476. The monoisotopic (exact) mass is 498 g/mol. The van der Waals surface area contributed by atoms with E-state index in [1.54, 1.807) is 25.3 Å². The van der Waals surface area contributed by atoms with Gasteiger partial charge in [0.25, 0.3) is 0 Å². The van der Waals surface area contributed by atoms with E-state index in [2.05, 4.69) is 51.7 Å². The molecule has 0 radical (unpaired) electrons. The number of para-hydroxylation sites is 1. The molecule has 0 fully saturated rings. The van der Waals surface area contributed by atoms with Crippen LogP contribution in [0.2, 0.25) is 0 Å². The second kappa shape index (κ2) is 10.2. The largest absolute Gasteiger partial charge is 0.466 e. The van der Waals surface area contributed by atoms with Gasteiger partial charge in [-0.25, -0.2) is 4.99 Å². The maximum absolute atomic E-state index is 10.6. The molecule has 3 rings (SSSR count). The number of anilines is 1. The lowest BCUT2D eigenvalue weighted by Crippen LogP contribution is -2.46. The number of benzene rings is 1. The fourth-order valence-corrected chi connectivity index (χ4v) is 3.41. The summed E-state index contributed by atoms with van der Waals surface area (Å²) in [5.41, 5.74) is 1.61. The molecule has 6 nitrogen and oxygen atoms in total. The first-order valence-corrected chi connectivity index (χ1v) is 9.64. The molecule has 1 aliphatic heterocycles. The minimum Gasteiger partial charge on any atom is -0.466 e. The summed E-state index contributed by atoms with van der Waals surface area (Å²) in [4.78, 5) is 6.99. The van der Waals surface area contributed by atoms with E-state index in [1.165, 1.54) is 11.3 Å². The third kappa shape index (κ3) is 5.41. The van der Waals surface area contributed by atoms with Crippen LogP contribution in [0.25, 0.3) is 0 Å². The fourth-order valence-electron chi connectivity index (χ4n) is 3.41. The summed E-state index contributed by atoms with van der Waals surface area (Å²) in [6, 6.07) is 12.5. The van der Waals surface area contributed by atoms with Crippen molar-refractivity contribution in [2.45, 2.75) is 38.8 Å². The molecule has 3 N–H and O–H groups in total. The van der Waals surface area contributed by atoms with Crippen LogP contribution in [0.15, 0.2) is 52.1 Å². The first kappa shape index (κ1) is 22.5. The minimum absolute atomic E-state index is 0. The van der Waals surface area contributed by atoms with Gasteiger partial charge in [-0.1, -0.05) is 18.2 Å². The Morgan fingerprint density at radius 3 is 2.79 bits per heavy atom. The van der Waals surface area contributed by atoms with Crippen molar-refractivity contribution in [3.63, 3.8) is 0 Å². The number of fused-ring (bicyclic) bond motifs is 1. The van der Waals surface area contributed by atoms with E-state index >= 15 is 0 Å². The molecule has 1 aliphatic rings. The summed E-state index contributed by atoms with van der Waals surface area (Å²) in [6.45, 7) is 8.75. The average molecular weight is 498 g/mol. The maximum Gasteiger partial charge on any atom is 0.191 e. The molecule has 0 spiro atoms. The highest BCUT2D eigenvalue weighted by Gasteiger charge is 2.26. The average Bonchev–Trinajstić information content (AvgIpc) is 3.34. The lowest BCUT2D eigenvalue weighted by molar-refractivity contribution is 0.0437. The second-order valence-corrected chi connectivity index (χ2v) is 7.25. The number of rotatable bonds is 7. The van der Waals surface area contributed by atoms with Crippen molar-refractivity contribution in [2.75, 3.05) is 31.1 Å². The summed E-state index contributed by atoms with van der Waals surface area (Å²) >= 11 is 0. The highest BCUT2D eigenvalue weighted by atomic mass is 127. The second-order valence-electron chi connectivity index (χ2n) is 7.25. The van der Waals surface area contributed by atoms with Crippen LogP contribution in [0.4, 0.5) is 5.69 Å². The molecule has 0 bridgehead atoms. The number of hydrogen-bond donors (Lipinski definition) is 3. The number of guanidine groups is 1. The molecule has 0 amide bonds. The van der Waals surface area contributed by atoms with Gasteiger partial charge in [0, 0.05) is 31.4 Å². The quantitative estimate of drug-likeness (QED) is 0.311. The molecule has 1 aromatic carbocycles. The standard InChI is InChI=1S/C21H30N4O2.HI/c1-4-22-20(24-15-21(3,26)19-10-7-13-27-19)23-14-16(2)25-12-11-17-8-5-6-9-18(17)25;/h5-10,13,16,26H,4,11-12,14-15H2,1-3H3,(H2,22,23,24);1H. The Balaban J connectivity index is 0.00000280. The lowest BCUT2D eigenvalue weighted by Gasteiger charge is -2.28. The topological polar surface area (TPSA) is 73.0 Å². The van der Waals surface area contributed by atoms with Gasteiger partial charge in [-0.05, 0) is 51.0 Å². The Morgan fingerprint density at radius 2 is 2.07 bits per heavy atom. The van der Waals surface area contributed by atoms with E-state index in [-0.39, 0.29) is 30.5 Å². The van der Waals surface area contributed by atoms with Gasteiger partial charge in [0.2, 0.25) is 0 Å². The third-order valence-corrected chi connectivity index (χ3v) is 4.96. The van der Waals surface area contributed by atoms with Crippen LogP contribution in [0.5, 0.6) is 0 Å². The van der Waals surface area contributed by atoms with Crippen molar-refractivity contribution >= 4 is 35.6 Å². The molecule has 2 unspecified atom stereocenters. The van der Waals surface area contributed by atoms with Crippen molar-refractivity contribution in [2.24, 2.45) is 4.99 Å². The molecule has 154 valence electrons. The SMILES string of the molecule is CCNC(=NCC(C)(O)c1ccco1)NCC(C)N1CCc2ccccc21.I. The smallest absolute Gasteiger partial charge is 0.191 e. The van der Waals surface area contributed by atoms with Gasteiger partial charge in [-0.2, -0.15) is 0 Å². The Bertz CT molecular complexity index is 762. The molecule has 1 aromatic heterocycles. The van der Waals surface area contributed by atoms with Crippen molar-refractivity contribution in [3.8, 4) is 0 Å². The van der Waals surface area contributed by atoms with Crippen LogP contribution in [0, 0.1) is 0 Å². The molecule has 7 heteroatoms. The van der Waals surface area contributed by atoms with Crippen LogP contribution >= 0.6 is 24.0 Å². The minimum atomic E-state index is -1.13. The number of aliphatic imine (C=N–C) groups is 1. The van der Waals surface area contributed by atoms with E-state index in [9.17, 15) is 5.11 Å². The molecular weight excluding hydrogens is 467 g/mol. The van der Waals surface area contributed by atoms with Gasteiger partial charge < -0.3 is 25.1 Å². The predicted molar refractivity (Wildman–Crippen MR) is 125 cm³/mol. The molecule has 0 aliphatic carbocycles. The molecule has 2 heterocycles. The predicted octanol–water partition coefficient (Wildman–Crippen LogP) is 3.11. The number of furan rings is 1. The molecule has 0 saturated carbocycles. The lowest BCUT2D eigenvalue weighted by atomic mass is 10.0. The van der Waals surface area contributed by atoms with Crippen LogP contribution in [-0.2, 0) is 12.0 Å². The zero-order chi connectivity index (χ0) is 19.3. The third-order valence-electron chi connectivity index (χ3n) is 4.96. The molecule has 28 heavy (non-hydrogen) atoms. The van der Waals surface area contributed by atoms with E-state index in [1.807, 2.05) is 6.92 Å². The Hall–Kier alpha value is -1.74. The van der Waals surface area contributed by atoms with Crippen molar-refractivity contribution in [1.29, 1.82) is 0 Å². The molecular formula is C21H31IN4O2. The van der Waals surface area contributed by atoms with E-state index in [4.69, 9.17) is 4.42 Å². The van der Waals surface area contributed by atoms with Gasteiger partial charge in [0.05, 0.1) is 12.8 Å². The Labute approximate surface area is 184 Å². The van der Waals surface area contributed by atoms with Crippen LogP contribution in [0.3, 0.4) is 0 Å². The summed E-state index contributed by atoms with van der Waals surface area (Å²) in [5.74, 6) is 1.22. The zero-order valence-electron chi connectivity index (χ0n) is 16.8.